The van der Waals surface area contributed by atoms with E-state index < -0.39 is 28.5 Å². The number of ether oxygens (including phenoxy) is 1. The first-order valence-electron chi connectivity index (χ1n) is 11.6. The minimum atomic E-state index is -4.13. The van der Waals surface area contributed by atoms with Crippen LogP contribution in [0.4, 0.5) is 5.69 Å². The highest BCUT2D eigenvalue weighted by Gasteiger charge is 2.32. The van der Waals surface area contributed by atoms with Gasteiger partial charge in [-0.2, -0.15) is 0 Å². The maximum Gasteiger partial charge on any atom is 0.264 e. The van der Waals surface area contributed by atoms with Crippen molar-refractivity contribution in [3.8, 4) is 5.75 Å². The predicted octanol–water partition coefficient (Wildman–Crippen LogP) is 4.02. The number of amides is 2. The second kappa shape index (κ2) is 12.1. The lowest BCUT2D eigenvalue weighted by atomic mass is 10.1. The van der Waals surface area contributed by atoms with Crippen LogP contribution in [0.1, 0.15) is 18.1 Å². The maximum absolute atomic E-state index is 13.8. The van der Waals surface area contributed by atoms with Gasteiger partial charge in [-0.25, -0.2) is 8.42 Å². The number of nitrogens with zero attached hydrogens (tertiary/aromatic N) is 2. The molecule has 0 aromatic heterocycles. The second-order valence-electron chi connectivity index (χ2n) is 8.42. The molecular weight excluding hydrogens is 514 g/mol. The number of carbonyl (C=O) groups is 2. The zero-order chi connectivity index (χ0) is 27.2. The summed E-state index contributed by atoms with van der Waals surface area (Å²) < 4.78 is 33.8. The summed E-state index contributed by atoms with van der Waals surface area (Å²) in [5, 5.41) is 3.00. The van der Waals surface area contributed by atoms with Crippen molar-refractivity contribution in [1.29, 1.82) is 0 Å². The van der Waals surface area contributed by atoms with E-state index in [1.165, 1.54) is 24.1 Å². The van der Waals surface area contributed by atoms with Gasteiger partial charge in [-0.05, 0) is 67.4 Å². The van der Waals surface area contributed by atoms with Crippen LogP contribution in [0.15, 0.2) is 77.7 Å². The molecule has 0 heterocycles. The topological polar surface area (TPSA) is 96.0 Å². The molecular formula is C27H30ClN3O5S. The first-order valence-corrected chi connectivity index (χ1v) is 13.4. The number of hydrogen-bond acceptors (Lipinski definition) is 5. The number of benzene rings is 3. The lowest BCUT2D eigenvalue weighted by Gasteiger charge is -2.32. The van der Waals surface area contributed by atoms with Crippen LogP contribution in [0.2, 0.25) is 5.02 Å². The summed E-state index contributed by atoms with van der Waals surface area (Å²) in [5.74, 6) is -0.262. The summed E-state index contributed by atoms with van der Waals surface area (Å²) in [6, 6.07) is 18.9. The summed E-state index contributed by atoms with van der Waals surface area (Å²) in [6.45, 7) is 2.90. The van der Waals surface area contributed by atoms with E-state index in [2.05, 4.69) is 5.32 Å². The van der Waals surface area contributed by atoms with Crippen molar-refractivity contribution in [2.45, 2.75) is 31.3 Å². The highest BCUT2D eigenvalue weighted by Crippen LogP contribution is 2.29. The smallest absolute Gasteiger partial charge is 0.264 e. The lowest BCUT2D eigenvalue weighted by molar-refractivity contribution is -0.139. The fourth-order valence-corrected chi connectivity index (χ4v) is 5.58. The monoisotopic (exact) mass is 543 g/mol. The quantitative estimate of drug-likeness (QED) is 0.417. The van der Waals surface area contributed by atoms with Gasteiger partial charge < -0.3 is 15.0 Å². The normalized spacial score (nSPS) is 11.9. The van der Waals surface area contributed by atoms with Gasteiger partial charge in [0.15, 0.2) is 0 Å². The van der Waals surface area contributed by atoms with Crippen LogP contribution < -0.4 is 14.4 Å². The first kappa shape index (κ1) is 28.0. The van der Waals surface area contributed by atoms with E-state index in [1.807, 2.05) is 0 Å². The van der Waals surface area contributed by atoms with Gasteiger partial charge >= 0.3 is 0 Å². The molecule has 0 unspecified atom stereocenters. The van der Waals surface area contributed by atoms with Crippen LogP contribution >= 0.6 is 11.6 Å². The Hall–Kier alpha value is -3.56. The molecule has 2 amide bonds. The molecule has 0 bridgehead atoms. The standard InChI is InChI=1S/C27H30ClN3O5S/c1-19-16-22(28)12-15-25(19)31(37(34,35)24-8-6-5-7-9-24)18-26(32)30(20(2)27(33)29-3)17-21-10-13-23(36-4)14-11-21/h5-16,20H,17-18H2,1-4H3,(H,29,33)/t20-/m1/s1. The minimum Gasteiger partial charge on any atom is -0.497 e. The van der Waals surface area contributed by atoms with E-state index in [-0.39, 0.29) is 17.3 Å². The maximum atomic E-state index is 13.8. The number of hydrogen-bond donors (Lipinski definition) is 1. The minimum absolute atomic E-state index is 0.0400. The third-order valence-corrected chi connectivity index (χ3v) is 7.97. The number of likely N-dealkylation sites (N-methyl/N-ethyl adjacent to an activating group) is 1. The Morgan fingerprint density at radius 3 is 2.24 bits per heavy atom. The molecule has 0 radical (unpaired) electrons. The van der Waals surface area contributed by atoms with E-state index in [0.717, 1.165) is 9.87 Å². The molecule has 0 fully saturated rings. The molecule has 3 aromatic rings. The van der Waals surface area contributed by atoms with E-state index in [0.29, 0.717) is 22.0 Å². The van der Waals surface area contributed by atoms with E-state index in [4.69, 9.17) is 16.3 Å². The van der Waals surface area contributed by atoms with Gasteiger partial charge in [-0.15, -0.1) is 0 Å². The second-order valence-corrected chi connectivity index (χ2v) is 10.7. The summed E-state index contributed by atoms with van der Waals surface area (Å²) >= 11 is 6.12. The number of sulfonamides is 1. The number of carbonyl (C=O) groups excluding carboxylic acids is 2. The lowest BCUT2D eigenvalue weighted by Crippen LogP contribution is -2.50. The van der Waals surface area contributed by atoms with Crippen LogP contribution in [0, 0.1) is 6.92 Å². The average molecular weight is 544 g/mol. The molecule has 1 atom stereocenters. The predicted molar refractivity (Wildman–Crippen MR) is 144 cm³/mol. The number of nitrogens with one attached hydrogen (secondary N) is 1. The van der Waals surface area contributed by atoms with Crippen LogP contribution in [-0.2, 0) is 26.2 Å². The molecule has 0 spiro atoms. The SMILES string of the molecule is CNC(=O)[C@@H](C)N(Cc1ccc(OC)cc1)C(=O)CN(c1ccc(Cl)cc1C)S(=O)(=O)c1ccccc1. The molecule has 37 heavy (non-hydrogen) atoms. The van der Waals surface area contributed by atoms with Gasteiger partial charge in [0.2, 0.25) is 11.8 Å². The third kappa shape index (κ3) is 6.61. The Morgan fingerprint density at radius 2 is 1.68 bits per heavy atom. The van der Waals surface area contributed by atoms with Crippen molar-refractivity contribution >= 4 is 39.1 Å². The molecule has 0 aliphatic heterocycles. The van der Waals surface area contributed by atoms with E-state index in [9.17, 15) is 18.0 Å². The van der Waals surface area contributed by atoms with Gasteiger partial charge in [0.25, 0.3) is 10.0 Å². The van der Waals surface area contributed by atoms with Gasteiger partial charge in [-0.1, -0.05) is 41.9 Å². The van der Waals surface area contributed by atoms with Crippen LogP contribution in [0.3, 0.4) is 0 Å². The molecule has 196 valence electrons. The summed E-state index contributed by atoms with van der Waals surface area (Å²) in [5.41, 5.74) is 1.66. The number of rotatable bonds is 10. The molecule has 0 saturated carbocycles. The average Bonchev–Trinajstić information content (AvgIpc) is 2.90. The Bertz CT molecular complexity index is 1350. The number of methoxy groups -OCH3 is 1. The molecule has 10 heteroatoms. The van der Waals surface area contributed by atoms with Crippen LogP contribution in [-0.4, -0.2) is 51.9 Å². The molecule has 0 aliphatic rings. The third-order valence-electron chi connectivity index (χ3n) is 5.96. The number of anilines is 1. The molecule has 0 saturated heterocycles. The highest BCUT2D eigenvalue weighted by atomic mass is 35.5. The van der Waals surface area contributed by atoms with Gasteiger partial charge in [0.05, 0.1) is 17.7 Å². The zero-order valence-electron chi connectivity index (χ0n) is 21.1. The van der Waals surface area contributed by atoms with Crippen molar-refractivity contribution in [2.24, 2.45) is 0 Å². The summed E-state index contributed by atoms with van der Waals surface area (Å²) in [6.07, 6.45) is 0. The van der Waals surface area contributed by atoms with Crippen LogP contribution in [0.25, 0.3) is 0 Å². The Balaban J connectivity index is 2.04. The fraction of sp³-hybridized carbons (Fsp3) is 0.259. The Labute approximate surface area is 222 Å². The van der Waals surface area contributed by atoms with Crippen molar-refractivity contribution in [3.05, 3.63) is 88.9 Å². The van der Waals surface area contributed by atoms with Crippen molar-refractivity contribution in [2.75, 3.05) is 25.0 Å². The molecule has 3 rings (SSSR count). The van der Waals surface area contributed by atoms with Crippen molar-refractivity contribution in [1.82, 2.24) is 10.2 Å². The van der Waals surface area contributed by atoms with Crippen molar-refractivity contribution < 1.29 is 22.7 Å². The van der Waals surface area contributed by atoms with E-state index in [1.54, 1.807) is 81.6 Å². The molecule has 3 aromatic carbocycles. The zero-order valence-corrected chi connectivity index (χ0v) is 22.7. The highest BCUT2D eigenvalue weighted by molar-refractivity contribution is 7.92. The van der Waals surface area contributed by atoms with Gasteiger partial charge in [0.1, 0.15) is 18.3 Å². The van der Waals surface area contributed by atoms with Crippen LogP contribution in [0.5, 0.6) is 5.75 Å². The van der Waals surface area contributed by atoms with Gasteiger partial charge in [0, 0.05) is 18.6 Å². The molecule has 8 nitrogen and oxygen atoms in total. The number of halogens is 1. The van der Waals surface area contributed by atoms with E-state index >= 15 is 0 Å². The van der Waals surface area contributed by atoms with Crippen molar-refractivity contribution in [3.63, 3.8) is 0 Å². The molecule has 1 N–H and O–H groups in total. The first-order chi connectivity index (χ1) is 17.6. The Morgan fingerprint density at radius 1 is 1.03 bits per heavy atom. The largest absolute Gasteiger partial charge is 0.497 e. The molecule has 0 aliphatic carbocycles. The van der Waals surface area contributed by atoms with Gasteiger partial charge in [-0.3, -0.25) is 13.9 Å². The summed E-state index contributed by atoms with van der Waals surface area (Å²) in [7, 11) is -1.09. The fourth-order valence-electron chi connectivity index (χ4n) is 3.85. The Kier molecular flexibility index (Phi) is 9.18. The number of aryl methyl sites for hydroxylation is 1. The summed E-state index contributed by atoms with van der Waals surface area (Å²) in [4.78, 5) is 27.7.